The molecule has 136 heavy (non-hydrogen) atoms. The lowest BCUT2D eigenvalue weighted by Crippen LogP contribution is -2.18. The van der Waals surface area contributed by atoms with E-state index in [1.807, 2.05) is 906 Å². The van der Waals surface area contributed by atoms with Gasteiger partial charge in [0.05, 0.1) is 10.9 Å². The van der Waals surface area contributed by atoms with Crippen LogP contribution >= 0.6 is 0 Å². The predicted octanol–water partition coefficient (Wildman–Crippen LogP) is 2.86. The van der Waals surface area contributed by atoms with E-state index in [0.717, 1.165) is 23.3 Å². The summed E-state index contributed by atoms with van der Waals surface area (Å²) in [7, 11) is 210. The molecule has 2 heterocycles. The van der Waals surface area contributed by atoms with E-state index < -0.39 is 0 Å². The molecule has 2 aromatic heterocycles. The molecule has 0 unspecified atom stereocenters. The fraction of sp³-hybridized carbons (Fsp3) is 0.467. The second-order valence-electron chi connectivity index (χ2n) is 14.3. The zero-order valence-electron chi connectivity index (χ0n) is 59.4. The summed E-state index contributed by atoms with van der Waals surface area (Å²) in [5.41, 5.74) is 1.51. The van der Waals surface area contributed by atoms with E-state index in [-0.39, 0.29) is 16.5 Å². The van der Waals surface area contributed by atoms with Crippen LogP contribution in [0.25, 0.3) is 10.9 Å². The maximum atomic E-state index is 12.0. The number of hydrogen-bond acceptors (Lipinski definition) is 5. The molecule has 2 aromatic rings. The lowest BCUT2D eigenvalue weighted by molar-refractivity contribution is 0.346. The van der Waals surface area contributed by atoms with Gasteiger partial charge in [0.2, 0.25) is 0 Å². The molecule has 0 atom stereocenters. The van der Waals surface area contributed by atoms with Gasteiger partial charge in [0.25, 0.3) is 0 Å². The van der Waals surface area contributed by atoms with Crippen molar-refractivity contribution in [3.63, 3.8) is 0 Å². The van der Waals surface area contributed by atoms with Gasteiger partial charge in [-0.2, -0.15) is 0 Å². The topological polar surface area (TPSA) is 43.1 Å². The van der Waals surface area contributed by atoms with Gasteiger partial charge in [0.15, 0.2) is 0 Å². The monoisotopic (exact) mass is 4020 g/mol. The minimum atomic E-state index is -0.275. The molecule has 121 heteroatoms. The van der Waals surface area contributed by atoms with Gasteiger partial charge in [-0.1, -0.05) is 27.7 Å². The Labute approximate surface area is 1120 Å². The molecule has 3 rings (SSSR count). The Kier molecular flexibility index (Phi) is 153. The maximum Gasteiger partial charge on any atom is 0.345 e. The number of nitrogens with zero attached hydrogens (tertiary/aromatic N) is 1. The first-order valence-electron chi connectivity index (χ1n) is 25.8. The van der Waals surface area contributed by atoms with Crippen molar-refractivity contribution in [2.45, 2.75) is 44.9 Å². The van der Waals surface area contributed by atoms with Crippen molar-refractivity contribution in [1.82, 2.24) is 4.98 Å². The van der Waals surface area contributed by atoms with Gasteiger partial charge < -0.3 is 4.42 Å². The van der Waals surface area contributed by atoms with Crippen molar-refractivity contribution in [1.29, 1.82) is 0 Å². The van der Waals surface area contributed by atoms with E-state index >= 15 is 0 Å². The quantitative estimate of drug-likeness (QED) is 0.407. The van der Waals surface area contributed by atoms with Gasteiger partial charge in [0, 0.05) is 1070 Å². The van der Waals surface area contributed by atoms with Crippen LogP contribution < -0.4 is 5.63 Å². The van der Waals surface area contributed by atoms with Crippen LogP contribution in [0.1, 0.15) is 45.4 Å². The zero-order chi connectivity index (χ0) is 97.2. The molecule has 0 bridgehead atoms. The SMILES string of the molecule is CC1(C)CC(C)(C)c2c1oc(=O)c1cccnc21.S=S=S=S=S=S=S=S=S=S=S=S=S=S=S=S=S=S=S=S=S=S=S=S=S=S=S=S=S=S=S=S=S=S=S=S=S=S=S=S=S=S=S=S=S=S=S=S=S=S=S=S=S=S=S=S=S=S=S=S=S=S=S=S=S=S=S=S=S=S=S=S=S=S=S=S=S=S=S=S=S=S=S=S=S=S=S=S=S=S=S=S=S=S=S=S=S=S=S=S=S=S=S=S=S=S=S=S=S=S=S=S=S=S=S=S=S=S. The van der Waals surface area contributed by atoms with E-state index in [2.05, 4.69) is 32.7 Å². The minimum Gasteiger partial charge on any atom is -0.426 e. The molecule has 0 saturated heterocycles. The molecule has 0 amide bonds. The molecular weight excluding hydrogens is 4010 g/mol. The summed E-state index contributed by atoms with van der Waals surface area (Å²) in [6.45, 7) is 8.62. The number of aromatic nitrogens is 1. The smallest absolute Gasteiger partial charge is 0.345 e. The second kappa shape index (κ2) is 133. The Balaban J connectivity index is 0.00000305. The van der Waals surface area contributed by atoms with Gasteiger partial charge in [0.1, 0.15) is 5.76 Å². The Morgan fingerprint density at radius 3 is 0.434 bits per heavy atom. The third kappa shape index (κ3) is 115. The summed E-state index contributed by atoms with van der Waals surface area (Å²) < 4.78 is 5.59. The van der Waals surface area contributed by atoms with Crippen LogP contribution in [-0.4, -0.2) is 4.98 Å². The molecule has 3 nitrogen and oxygen atoms in total. The van der Waals surface area contributed by atoms with Gasteiger partial charge in [-0.3, -0.25) is 4.98 Å². The Hall–Kier alpha value is 24.3. The lowest BCUT2D eigenvalue weighted by Gasteiger charge is -2.21. The number of pyridine rings is 1. The third-order valence-corrected chi connectivity index (χ3v) is 263. The maximum absolute atomic E-state index is 12.0. The Morgan fingerprint density at radius 1 is 0.199 bits per heavy atom. The van der Waals surface area contributed by atoms with Crippen molar-refractivity contribution in [3.05, 3.63) is 40.1 Å². The molecule has 0 aromatic carbocycles. The molecule has 0 saturated carbocycles. The summed E-state index contributed by atoms with van der Waals surface area (Å²) >= 11 is 9.67. The molecule has 802 valence electrons. The highest BCUT2D eigenvalue weighted by atomic mass is 33.6. The zero-order valence-corrected chi connectivity index (χ0v) is 156. The van der Waals surface area contributed by atoms with E-state index in [1.54, 1.807) is 125 Å². The van der Waals surface area contributed by atoms with Gasteiger partial charge in [-0.05, 0) is 24.0 Å². The van der Waals surface area contributed by atoms with Crippen molar-refractivity contribution in [2.24, 2.45) is 0 Å². The highest BCUT2D eigenvalue weighted by Gasteiger charge is 2.46. The van der Waals surface area contributed by atoms with E-state index in [0.29, 0.717) is 5.39 Å². The van der Waals surface area contributed by atoms with E-state index in [1.165, 1.54) is 17.8 Å². The largest absolute Gasteiger partial charge is 0.426 e. The summed E-state index contributed by atoms with van der Waals surface area (Å²) in [4.78, 5) is 16.4. The van der Waals surface area contributed by atoms with Crippen molar-refractivity contribution < 1.29 is 4.42 Å². The molecule has 1 aliphatic carbocycles. The Bertz CT molecular complexity index is 10200. The standard InChI is InChI=1S/C15H17NO2.S118/c1-14(2)8-15(3,4)12-10(14)11-9(13(17)18-12)6-5-7-16-11;1-3-5-7-9-11-13-15-17-19-21-23-25-27-29-31-33-35-37-39-41-43-45-47-49-51-53-55-57-59-61-63-65-67-69-71-73-75-77-79-81-83-85-87-89-91-93-95-97-99-101-103-105-107-109-111-113-115-117-118-116-114-112-110-108-106-104-102-100-98-96-94-92-90-88-86-84-82-80-78-76-74-72-70-68-66-64-62-60-58-56-54-52-50-48-46-44-42-40-38-36-34-32-30-28-26-24-22-20-18-16-14-12-10-8-6-4-2/h5-7H,8H2,1-4H3;. The number of rotatable bonds is 0. The molecule has 0 spiro atoms. The molecule has 0 fully saturated rings. The Morgan fingerprint density at radius 2 is 0.316 bits per heavy atom. The van der Waals surface area contributed by atoms with Gasteiger partial charge >= 0.3 is 5.63 Å². The highest BCUT2D eigenvalue weighted by Crippen LogP contribution is 2.50. The molecule has 0 aliphatic heterocycles. The number of fused-ring (bicyclic) bond motifs is 3. The first kappa shape index (κ1) is 156. The van der Waals surface area contributed by atoms with Crippen LogP contribution in [0.2, 0.25) is 0 Å². The van der Waals surface area contributed by atoms with Crippen LogP contribution in [0.3, 0.4) is 0 Å². The summed E-state index contributed by atoms with van der Waals surface area (Å²) in [6.07, 6.45) is 2.71. The molecule has 1 aliphatic rings. The minimum absolute atomic E-state index is 0.0113. The van der Waals surface area contributed by atoms with Crippen LogP contribution in [0.5, 0.6) is 0 Å². The van der Waals surface area contributed by atoms with Gasteiger partial charge in [-0.25, -0.2) is 4.79 Å². The van der Waals surface area contributed by atoms with Crippen LogP contribution in [0.15, 0.2) is 27.5 Å². The fourth-order valence-electron chi connectivity index (χ4n) is 4.75. The first-order valence-corrected chi connectivity index (χ1v) is 182. The predicted molar refractivity (Wildman–Crippen MR) is 940 cm³/mol. The van der Waals surface area contributed by atoms with Crippen LogP contribution in [-0.2, 0) is 1060 Å². The van der Waals surface area contributed by atoms with Crippen LogP contribution in [0, 0.1) is 0 Å². The van der Waals surface area contributed by atoms with Crippen molar-refractivity contribution >= 4 is 1060 Å². The lowest BCUT2D eigenvalue weighted by atomic mass is 9.82. The normalized spacial score (nSPS) is 9.50. The summed E-state index contributed by atoms with van der Waals surface area (Å²) in [5.74, 6) is 0.809. The second-order valence-corrected chi connectivity index (χ2v) is 220. The highest BCUT2D eigenvalue weighted by molar-refractivity contribution is 8.89. The third-order valence-electron chi connectivity index (χ3n) is 7.06. The average Bonchev–Trinajstić information content (AvgIpc) is 1.57. The average molecular weight is 4030 g/mol. The molecule has 0 radical (unpaired) electrons. The fourth-order valence-corrected chi connectivity index (χ4v) is 318. The first-order chi connectivity index (χ1) is 67.2. The van der Waals surface area contributed by atoms with Crippen LogP contribution in [0.4, 0.5) is 0 Å². The van der Waals surface area contributed by atoms with Crippen molar-refractivity contribution in [2.75, 3.05) is 0 Å². The van der Waals surface area contributed by atoms with Crippen molar-refractivity contribution in [3.8, 4) is 0 Å². The molecular formula is C15H17NO2S118. The van der Waals surface area contributed by atoms with Gasteiger partial charge in [-0.15, -0.1) is 0 Å². The number of hydrogen-bond donors (Lipinski definition) is 0. The van der Waals surface area contributed by atoms with E-state index in [4.69, 9.17) is 26.8 Å². The summed E-state index contributed by atoms with van der Waals surface area (Å²) in [5, 5.41) is 0.585. The summed E-state index contributed by atoms with van der Waals surface area (Å²) in [6, 6.07) is 3.56. The van der Waals surface area contributed by atoms with E-state index in [9.17, 15) is 4.79 Å². The molecule has 0 N–H and O–H groups in total.